The Balaban J connectivity index is 2.29. The smallest absolute Gasteiger partial charge is 0.0576 e. The van der Waals surface area contributed by atoms with Crippen molar-refractivity contribution in [1.29, 1.82) is 0 Å². The van der Waals surface area contributed by atoms with Crippen LogP contribution in [0.2, 0.25) is 0 Å². The van der Waals surface area contributed by atoms with Crippen molar-refractivity contribution in [1.82, 2.24) is 5.32 Å². The fourth-order valence-corrected chi connectivity index (χ4v) is 2.71. The summed E-state index contributed by atoms with van der Waals surface area (Å²) in [6, 6.07) is 0. The first kappa shape index (κ1) is 16.0. The maximum atomic E-state index is 5.73. The molecule has 1 aliphatic heterocycles. The summed E-state index contributed by atoms with van der Waals surface area (Å²) in [7, 11) is 0. The lowest BCUT2D eigenvalue weighted by Gasteiger charge is -2.27. The zero-order chi connectivity index (χ0) is 13.6. The summed E-state index contributed by atoms with van der Waals surface area (Å²) in [5.74, 6) is 1.59. The number of hydrogen-bond donors (Lipinski definition) is 1. The quantitative estimate of drug-likeness (QED) is 0.742. The van der Waals surface area contributed by atoms with E-state index in [1.165, 1.54) is 32.1 Å². The zero-order valence-electron chi connectivity index (χ0n) is 13.1. The van der Waals surface area contributed by atoms with Gasteiger partial charge < -0.3 is 10.1 Å². The van der Waals surface area contributed by atoms with Crippen molar-refractivity contribution in [3.63, 3.8) is 0 Å². The van der Waals surface area contributed by atoms with Gasteiger partial charge in [0.1, 0.15) is 0 Å². The lowest BCUT2D eigenvalue weighted by Crippen LogP contribution is -2.39. The van der Waals surface area contributed by atoms with Crippen LogP contribution >= 0.6 is 0 Å². The van der Waals surface area contributed by atoms with E-state index in [-0.39, 0.29) is 5.54 Å². The van der Waals surface area contributed by atoms with Gasteiger partial charge >= 0.3 is 0 Å². The fourth-order valence-electron chi connectivity index (χ4n) is 2.71. The van der Waals surface area contributed by atoms with Crippen molar-refractivity contribution in [2.75, 3.05) is 13.2 Å². The van der Waals surface area contributed by atoms with Crippen LogP contribution in [0.3, 0.4) is 0 Å². The second-order valence-electron chi connectivity index (χ2n) is 7.34. The molecule has 0 bridgehead atoms. The molecular formula is C16H33NO. The lowest BCUT2D eigenvalue weighted by molar-refractivity contribution is 0.0964. The maximum absolute atomic E-state index is 5.73. The van der Waals surface area contributed by atoms with Gasteiger partial charge in [-0.05, 0) is 71.3 Å². The first-order valence-electron chi connectivity index (χ1n) is 7.73. The zero-order valence-corrected chi connectivity index (χ0v) is 13.1. The average molecular weight is 255 g/mol. The van der Waals surface area contributed by atoms with E-state index in [2.05, 4.69) is 39.9 Å². The van der Waals surface area contributed by atoms with Gasteiger partial charge in [0.2, 0.25) is 0 Å². The highest BCUT2D eigenvalue weighted by Crippen LogP contribution is 2.23. The third-order valence-corrected chi connectivity index (χ3v) is 3.65. The molecule has 0 radical (unpaired) electrons. The molecule has 0 amide bonds. The Morgan fingerprint density at radius 1 is 1.28 bits per heavy atom. The van der Waals surface area contributed by atoms with Gasteiger partial charge in [-0.15, -0.1) is 0 Å². The minimum Gasteiger partial charge on any atom is -0.378 e. The van der Waals surface area contributed by atoms with E-state index in [1.807, 2.05) is 0 Å². The van der Waals surface area contributed by atoms with Gasteiger partial charge in [0, 0.05) is 12.1 Å². The summed E-state index contributed by atoms with van der Waals surface area (Å²) in [6.45, 7) is 13.5. The Kier molecular flexibility index (Phi) is 6.65. The van der Waals surface area contributed by atoms with Crippen LogP contribution in [0.4, 0.5) is 0 Å². The van der Waals surface area contributed by atoms with Crippen molar-refractivity contribution in [2.45, 2.75) is 78.4 Å². The normalized spacial score (nSPS) is 22.7. The molecule has 0 aromatic rings. The third kappa shape index (κ3) is 7.38. The molecular weight excluding hydrogens is 222 g/mol. The Morgan fingerprint density at radius 2 is 2.00 bits per heavy atom. The summed E-state index contributed by atoms with van der Waals surface area (Å²) in [4.78, 5) is 0. The van der Waals surface area contributed by atoms with Gasteiger partial charge in [-0.25, -0.2) is 0 Å². The van der Waals surface area contributed by atoms with Gasteiger partial charge in [-0.1, -0.05) is 13.8 Å². The van der Waals surface area contributed by atoms with Crippen LogP contribution in [0.15, 0.2) is 0 Å². The monoisotopic (exact) mass is 255 g/mol. The highest BCUT2D eigenvalue weighted by atomic mass is 16.5. The average Bonchev–Trinajstić information content (AvgIpc) is 2.73. The molecule has 2 unspecified atom stereocenters. The molecule has 1 N–H and O–H groups in total. The molecule has 2 heteroatoms. The van der Waals surface area contributed by atoms with Crippen molar-refractivity contribution < 1.29 is 4.74 Å². The van der Waals surface area contributed by atoms with Gasteiger partial charge in [-0.2, -0.15) is 0 Å². The van der Waals surface area contributed by atoms with Gasteiger partial charge in [-0.3, -0.25) is 0 Å². The van der Waals surface area contributed by atoms with Gasteiger partial charge in [0.25, 0.3) is 0 Å². The Labute approximate surface area is 114 Å². The van der Waals surface area contributed by atoms with Crippen LogP contribution in [0.25, 0.3) is 0 Å². The molecule has 2 nitrogen and oxygen atoms in total. The molecule has 1 aliphatic rings. The van der Waals surface area contributed by atoms with Crippen LogP contribution < -0.4 is 5.32 Å². The predicted octanol–water partition coefficient (Wildman–Crippen LogP) is 4.00. The highest BCUT2D eigenvalue weighted by molar-refractivity contribution is 4.75. The van der Waals surface area contributed by atoms with Crippen LogP contribution in [-0.2, 0) is 4.74 Å². The molecule has 2 atom stereocenters. The second kappa shape index (κ2) is 7.49. The summed E-state index contributed by atoms with van der Waals surface area (Å²) in [6.07, 6.45) is 6.99. The topological polar surface area (TPSA) is 21.3 Å². The minimum atomic E-state index is 0.235. The molecule has 0 aromatic carbocycles. The summed E-state index contributed by atoms with van der Waals surface area (Å²) < 4.78 is 5.73. The van der Waals surface area contributed by atoms with E-state index in [1.54, 1.807) is 0 Å². The Hall–Kier alpha value is -0.0800. The molecule has 108 valence electrons. The summed E-state index contributed by atoms with van der Waals surface area (Å²) in [5.41, 5.74) is 0.235. The number of ether oxygens (including phenoxy) is 1. The maximum Gasteiger partial charge on any atom is 0.0576 e. The molecule has 1 heterocycles. The van der Waals surface area contributed by atoms with Crippen molar-refractivity contribution >= 4 is 0 Å². The molecule has 1 saturated heterocycles. The second-order valence-corrected chi connectivity index (χ2v) is 7.34. The van der Waals surface area contributed by atoms with Crippen LogP contribution in [0.5, 0.6) is 0 Å². The van der Waals surface area contributed by atoms with E-state index in [0.29, 0.717) is 6.10 Å². The molecule has 0 aromatic heterocycles. The molecule has 1 fully saturated rings. The molecule has 1 rings (SSSR count). The standard InChI is InChI=1S/C16H33NO/c1-13(2)11-14(12-17-16(3,4)5)8-9-15-7-6-10-18-15/h13-15,17H,6-12H2,1-5H3. The van der Waals surface area contributed by atoms with Crippen LogP contribution in [-0.4, -0.2) is 24.8 Å². The first-order chi connectivity index (χ1) is 8.37. The Morgan fingerprint density at radius 3 is 2.50 bits per heavy atom. The number of rotatable bonds is 7. The van der Waals surface area contributed by atoms with E-state index >= 15 is 0 Å². The van der Waals surface area contributed by atoms with Gasteiger partial charge in [0.05, 0.1) is 6.10 Å². The van der Waals surface area contributed by atoms with E-state index in [9.17, 15) is 0 Å². The number of hydrogen-bond acceptors (Lipinski definition) is 2. The van der Waals surface area contributed by atoms with E-state index in [4.69, 9.17) is 4.74 Å². The first-order valence-corrected chi connectivity index (χ1v) is 7.73. The SMILES string of the molecule is CC(C)CC(CCC1CCCO1)CNC(C)(C)C. The molecule has 0 spiro atoms. The largest absolute Gasteiger partial charge is 0.378 e. The van der Waals surface area contributed by atoms with Crippen LogP contribution in [0.1, 0.15) is 66.7 Å². The molecule has 0 saturated carbocycles. The van der Waals surface area contributed by atoms with Gasteiger partial charge in [0.15, 0.2) is 0 Å². The summed E-state index contributed by atoms with van der Waals surface area (Å²) in [5, 5.41) is 3.66. The van der Waals surface area contributed by atoms with Crippen molar-refractivity contribution in [3.8, 4) is 0 Å². The lowest BCUT2D eigenvalue weighted by atomic mass is 9.90. The van der Waals surface area contributed by atoms with E-state index in [0.717, 1.165) is 25.0 Å². The third-order valence-electron chi connectivity index (χ3n) is 3.65. The predicted molar refractivity (Wildman–Crippen MR) is 78.9 cm³/mol. The Bertz CT molecular complexity index is 214. The van der Waals surface area contributed by atoms with Crippen LogP contribution in [0, 0.1) is 11.8 Å². The van der Waals surface area contributed by atoms with Crippen molar-refractivity contribution in [2.24, 2.45) is 11.8 Å². The van der Waals surface area contributed by atoms with E-state index < -0.39 is 0 Å². The highest BCUT2D eigenvalue weighted by Gasteiger charge is 2.20. The molecule has 0 aliphatic carbocycles. The fraction of sp³-hybridized carbons (Fsp3) is 1.00. The minimum absolute atomic E-state index is 0.235. The summed E-state index contributed by atoms with van der Waals surface area (Å²) >= 11 is 0. The number of nitrogens with one attached hydrogen (secondary N) is 1. The molecule has 18 heavy (non-hydrogen) atoms. The van der Waals surface area contributed by atoms with Crippen molar-refractivity contribution in [3.05, 3.63) is 0 Å².